The van der Waals surface area contributed by atoms with Crippen molar-refractivity contribution in [3.63, 3.8) is 0 Å². The second kappa shape index (κ2) is 5.38. The van der Waals surface area contributed by atoms with Gasteiger partial charge in [0.25, 0.3) is 0 Å². The highest BCUT2D eigenvalue weighted by Gasteiger charge is 2.15. The number of aryl methyl sites for hydroxylation is 2. The van der Waals surface area contributed by atoms with E-state index in [4.69, 9.17) is 0 Å². The lowest BCUT2D eigenvalue weighted by Gasteiger charge is -2.17. The third-order valence-corrected chi connectivity index (χ3v) is 3.66. The van der Waals surface area contributed by atoms with E-state index < -0.39 is 0 Å². The molecule has 1 N–H and O–H groups in total. The Morgan fingerprint density at radius 3 is 2.71 bits per heavy atom. The van der Waals surface area contributed by atoms with Crippen LogP contribution in [0.2, 0.25) is 0 Å². The molecule has 0 saturated heterocycles. The molecule has 0 saturated carbocycles. The maximum absolute atomic E-state index is 3.94. The molecule has 3 nitrogen and oxygen atoms in total. The van der Waals surface area contributed by atoms with Gasteiger partial charge in [-0.15, -0.1) is 5.10 Å². The number of nitrogens with zero attached hydrogens (tertiary/aromatic N) is 2. The largest absolute Gasteiger partial charge is 0.306 e. The smallest absolute Gasteiger partial charge is 0.0703 e. The van der Waals surface area contributed by atoms with E-state index >= 15 is 0 Å². The molecule has 0 fully saturated rings. The summed E-state index contributed by atoms with van der Waals surface area (Å²) in [4.78, 5) is 1.16. The zero-order valence-corrected chi connectivity index (χ0v) is 11.2. The fourth-order valence-corrected chi connectivity index (χ4v) is 2.44. The van der Waals surface area contributed by atoms with E-state index in [0.717, 1.165) is 11.4 Å². The van der Waals surface area contributed by atoms with Gasteiger partial charge in [0.2, 0.25) is 0 Å². The van der Waals surface area contributed by atoms with Crippen LogP contribution < -0.4 is 5.32 Å². The zero-order valence-electron chi connectivity index (χ0n) is 10.4. The Labute approximate surface area is 106 Å². The number of benzene rings is 1. The van der Waals surface area contributed by atoms with E-state index in [-0.39, 0.29) is 6.04 Å². The molecule has 1 aromatic heterocycles. The van der Waals surface area contributed by atoms with Gasteiger partial charge >= 0.3 is 0 Å². The number of aromatic nitrogens is 2. The van der Waals surface area contributed by atoms with Crippen molar-refractivity contribution in [1.29, 1.82) is 0 Å². The van der Waals surface area contributed by atoms with Crippen LogP contribution in [0.3, 0.4) is 0 Å². The first-order valence-electron chi connectivity index (χ1n) is 5.80. The van der Waals surface area contributed by atoms with Crippen molar-refractivity contribution in [3.05, 3.63) is 46.0 Å². The minimum atomic E-state index is 0.208. The highest BCUT2D eigenvalue weighted by Crippen LogP contribution is 2.25. The Bertz CT molecular complexity index is 479. The van der Waals surface area contributed by atoms with Crippen molar-refractivity contribution < 1.29 is 0 Å². The molecule has 0 aliphatic rings. The molecule has 2 aromatic rings. The molecular formula is C13H17N3S. The normalized spacial score (nSPS) is 12.6. The maximum Gasteiger partial charge on any atom is 0.0703 e. The summed E-state index contributed by atoms with van der Waals surface area (Å²) in [7, 11) is 0. The average molecular weight is 247 g/mol. The maximum atomic E-state index is 3.94. The van der Waals surface area contributed by atoms with Crippen LogP contribution in [0.4, 0.5) is 0 Å². The first kappa shape index (κ1) is 12.2. The van der Waals surface area contributed by atoms with Gasteiger partial charge in [0.1, 0.15) is 0 Å². The topological polar surface area (TPSA) is 37.8 Å². The van der Waals surface area contributed by atoms with Crippen LogP contribution in [-0.4, -0.2) is 16.1 Å². The standard InChI is InChI=1S/C13H17N3S/c1-4-14-13(12-8-15-16-17-12)11-6-5-9(2)10(3)7-11/h5-8,13-14H,4H2,1-3H3. The Kier molecular flexibility index (Phi) is 3.86. The van der Waals surface area contributed by atoms with Gasteiger partial charge in [0, 0.05) is 0 Å². The summed E-state index contributed by atoms with van der Waals surface area (Å²) in [5.74, 6) is 0. The van der Waals surface area contributed by atoms with Gasteiger partial charge in [0.05, 0.1) is 17.1 Å². The third-order valence-electron chi connectivity index (χ3n) is 2.94. The molecule has 1 heterocycles. The molecule has 0 radical (unpaired) electrons. The summed E-state index contributed by atoms with van der Waals surface area (Å²) in [6.45, 7) is 7.32. The van der Waals surface area contributed by atoms with Crippen molar-refractivity contribution in [2.75, 3.05) is 6.54 Å². The Morgan fingerprint density at radius 1 is 1.29 bits per heavy atom. The van der Waals surface area contributed by atoms with Crippen molar-refractivity contribution in [1.82, 2.24) is 14.9 Å². The fourth-order valence-electron chi connectivity index (χ4n) is 1.83. The lowest BCUT2D eigenvalue weighted by Crippen LogP contribution is -2.21. The van der Waals surface area contributed by atoms with Crippen LogP contribution in [0.15, 0.2) is 24.4 Å². The molecule has 0 spiro atoms. The SMILES string of the molecule is CCNC(c1ccc(C)c(C)c1)c1cnns1. The molecule has 0 bridgehead atoms. The second-order valence-corrected chi connectivity index (χ2v) is 4.97. The quantitative estimate of drug-likeness (QED) is 0.902. The molecule has 0 aliphatic carbocycles. The third kappa shape index (κ3) is 2.70. The molecule has 17 heavy (non-hydrogen) atoms. The van der Waals surface area contributed by atoms with Crippen LogP contribution in [0.5, 0.6) is 0 Å². The van der Waals surface area contributed by atoms with E-state index in [9.17, 15) is 0 Å². The van der Waals surface area contributed by atoms with Crippen molar-refractivity contribution >= 4 is 11.5 Å². The van der Waals surface area contributed by atoms with E-state index in [2.05, 4.69) is 53.9 Å². The van der Waals surface area contributed by atoms with Crippen LogP contribution in [0, 0.1) is 13.8 Å². The molecule has 1 unspecified atom stereocenters. The summed E-state index contributed by atoms with van der Waals surface area (Å²) in [6, 6.07) is 6.79. The minimum Gasteiger partial charge on any atom is -0.306 e. The summed E-state index contributed by atoms with van der Waals surface area (Å²) in [5, 5.41) is 7.40. The monoisotopic (exact) mass is 247 g/mol. The molecular weight excluding hydrogens is 230 g/mol. The summed E-state index contributed by atoms with van der Waals surface area (Å²) in [5.41, 5.74) is 3.93. The molecule has 0 aliphatic heterocycles. The molecule has 90 valence electrons. The van der Waals surface area contributed by atoms with Crippen molar-refractivity contribution in [3.8, 4) is 0 Å². The van der Waals surface area contributed by atoms with Gasteiger partial charge in [0.15, 0.2) is 0 Å². The average Bonchev–Trinajstić information content (AvgIpc) is 2.83. The van der Waals surface area contributed by atoms with Gasteiger partial charge in [-0.2, -0.15) is 0 Å². The van der Waals surface area contributed by atoms with E-state index in [1.165, 1.54) is 28.2 Å². The minimum absolute atomic E-state index is 0.208. The van der Waals surface area contributed by atoms with E-state index in [1.807, 2.05) is 6.20 Å². The van der Waals surface area contributed by atoms with E-state index in [0.29, 0.717) is 0 Å². The summed E-state index contributed by atoms with van der Waals surface area (Å²) >= 11 is 1.45. The van der Waals surface area contributed by atoms with Gasteiger partial charge < -0.3 is 5.32 Å². The van der Waals surface area contributed by atoms with Gasteiger partial charge in [-0.25, -0.2) is 0 Å². The second-order valence-electron chi connectivity index (χ2n) is 4.15. The predicted molar refractivity (Wildman–Crippen MR) is 71.3 cm³/mol. The first-order chi connectivity index (χ1) is 8.22. The number of nitrogens with one attached hydrogen (secondary N) is 1. The van der Waals surface area contributed by atoms with Crippen LogP contribution in [0.25, 0.3) is 0 Å². The molecule has 2 rings (SSSR count). The van der Waals surface area contributed by atoms with E-state index in [1.54, 1.807) is 0 Å². The molecule has 1 atom stereocenters. The Morgan fingerprint density at radius 2 is 2.12 bits per heavy atom. The van der Waals surface area contributed by atoms with Crippen LogP contribution in [-0.2, 0) is 0 Å². The lowest BCUT2D eigenvalue weighted by molar-refractivity contribution is 0.638. The molecule has 1 aromatic carbocycles. The number of rotatable bonds is 4. The van der Waals surface area contributed by atoms with Crippen molar-refractivity contribution in [2.45, 2.75) is 26.8 Å². The molecule has 0 amide bonds. The first-order valence-corrected chi connectivity index (χ1v) is 6.57. The van der Waals surface area contributed by atoms with Gasteiger partial charge in [-0.1, -0.05) is 29.6 Å². The van der Waals surface area contributed by atoms with Gasteiger partial charge in [-0.3, -0.25) is 0 Å². The highest BCUT2D eigenvalue weighted by molar-refractivity contribution is 7.05. The zero-order chi connectivity index (χ0) is 12.3. The van der Waals surface area contributed by atoms with Gasteiger partial charge in [-0.05, 0) is 48.6 Å². The Hall–Kier alpha value is -1.26. The molecule has 4 heteroatoms. The Balaban J connectivity index is 2.35. The van der Waals surface area contributed by atoms with Crippen LogP contribution >= 0.6 is 11.5 Å². The van der Waals surface area contributed by atoms with Crippen LogP contribution in [0.1, 0.15) is 34.5 Å². The fraction of sp³-hybridized carbons (Fsp3) is 0.385. The predicted octanol–water partition coefficient (Wildman–Crippen LogP) is 2.85. The summed E-state index contributed by atoms with van der Waals surface area (Å²) < 4.78 is 3.94. The van der Waals surface area contributed by atoms with Crippen molar-refractivity contribution in [2.24, 2.45) is 0 Å². The summed E-state index contributed by atoms with van der Waals surface area (Å²) in [6.07, 6.45) is 1.84. The number of hydrogen-bond donors (Lipinski definition) is 1. The lowest BCUT2D eigenvalue weighted by atomic mass is 10.0. The highest BCUT2D eigenvalue weighted by atomic mass is 32.1. The number of hydrogen-bond acceptors (Lipinski definition) is 4.